The predicted octanol–water partition coefficient (Wildman–Crippen LogP) is 2.37. The molecule has 100 valence electrons. The topological polar surface area (TPSA) is 75.1 Å². The minimum Gasteiger partial charge on any atom is -0.461 e. The summed E-state index contributed by atoms with van der Waals surface area (Å²) in [5, 5.41) is 3.62. The van der Waals surface area contributed by atoms with Crippen molar-refractivity contribution in [2.45, 2.75) is 0 Å². The first kappa shape index (κ1) is 12.2. The molecule has 5 nitrogen and oxygen atoms in total. The van der Waals surface area contributed by atoms with Crippen molar-refractivity contribution < 1.29 is 14.0 Å². The summed E-state index contributed by atoms with van der Waals surface area (Å²) in [5.74, 6) is -0.309. The molecule has 0 aliphatic rings. The fourth-order valence-corrected chi connectivity index (χ4v) is 1.98. The molecule has 0 saturated heterocycles. The molecule has 3 rings (SSSR count). The van der Waals surface area contributed by atoms with Crippen molar-refractivity contribution in [2.24, 2.45) is 0 Å². The number of fused-ring (bicyclic) bond motifs is 1. The van der Waals surface area contributed by atoms with Crippen molar-refractivity contribution in [1.29, 1.82) is 0 Å². The Morgan fingerprint density at radius 3 is 2.90 bits per heavy atom. The Kier molecular flexibility index (Phi) is 3.09. The Morgan fingerprint density at radius 2 is 2.10 bits per heavy atom. The number of hydrogen-bond donors (Lipinski definition) is 2. The fraction of sp³-hybridized carbons (Fsp3) is 0.0667. The first-order chi connectivity index (χ1) is 9.74. The number of aromatic amines is 1. The molecule has 2 aromatic heterocycles. The van der Waals surface area contributed by atoms with Crippen molar-refractivity contribution in [1.82, 2.24) is 10.3 Å². The fourth-order valence-electron chi connectivity index (χ4n) is 1.98. The first-order valence-corrected chi connectivity index (χ1v) is 6.16. The zero-order valence-corrected chi connectivity index (χ0v) is 10.6. The van der Waals surface area contributed by atoms with Crippen LogP contribution in [0.5, 0.6) is 0 Å². The molecule has 1 aromatic carbocycles. The molecule has 2 heterocycles. The highest BCUT2D eigenvalue weighted by Crippen LogP contribution is 2.14. The first-order valence-electron chi connectivity index (χ1n) is 6.16. The second-order valence-corrected chi connectivity index (χ2v) is 4.36. The quantitative estimate of drug-likeness (QED) is 0.713. The monoisotopic (exact) mass is 268 g/mol. The van der Waals surface area contributed by atoms with E-state index in [0.717, 1.165) is 10.9 Å². The van der Waals surface area contributed by atoms with Gasteiger partial charge >= 0.3 is 0 Å². The van der Waals surface area contributed by atoms with E-state index in [0.29, 0.717) is 5.56 Å². The standard InChI is InChI=1S/C15H12N2O3/c18-13(14-2-1-7-20-14)9-17-15(19)11-4-3-10-5-6-16-12(10)8-11/h1-8,16H,9H2,(H,17,19). The Balaban J connectivity index is 1.68. The average molecular weight is 268 g/mol. The lowest BCUT2D eigenvalue weighted by Crippen LogP contribution is -2.29. The average Bonchev–Trinajstić information content (AvgIpc) is 3.13. The summed E-state index contributed by atoms with van der Waals surface area (Å²) >= 11 is 0. The molecule has 2 N–H and O–H groups in total. The Morgan fingerprint density at radius 1 is 1.20 bits per heavy atom. The maximum absolute atomic E-state index is 12.0. The minimum atomic E-state index is -0.290. The second-order valence-electron chi connectivity index (χ2n) is 4.36. The zero-order valence-electron chi connectivity index (χ0n) is 10.6. The Bertz CT molecular complexity index is 756. The largest absolute Gasteiger partial charge is 0.461 e. The molecule has 3 aromatic rings. The lowest BCUT2D eigenvalue weighted by Gasteiger charge is -2.03. The highest BCUT2D eigenvalue weighted by Gasteiger charge is 2.12. The molecule has 0 aliphatic carbocycles. The molecule has 0 saturated carbocycles. The number of hydrogen-bond acceptors (Lipinski definition) is 3. The number of carbonyl (C=O) groups is 2. The highest BCUT2D eigenvalue weighted by atomic mass is 16.3. The summed E-state index contributed by atoms with van der Waals surface area (Å²) in [6, 6.07) is 10.5. The van der Waals surface area contributed by atoms with Crippen LogP contribution in [0.1, 0.15) is 20.9 Å². The molecule has 0 bridgehead atoms. The van der Waals surface area contributed by atoms with Gasteiger partial charge in [0.2, 0.25) is 5.78 Å². The summed E-state index contributed by atoms with van der Waals surface area (Å²) in [5.41, 5.74) is 1.39. The van der Waals surface area contributed by atoms with Gasteiger partial charge in [0, 0.05) is 17.3 Å². The van der Waals surface area contributed by atoms with Crippen LogP contribution in [0.25, 0.3) is 10.9 Å². The summed E-state index contributed by atoms with van der Waals surface area (Å²) < 4.78 is 4.97. The van der Waals surface area contributed by atoms with Crippen LogP contribution in [0.15, 0.2) is 53.3 Å². The SMILES string of the molecule is O=C(NCC(=O)c1ccco1)c1ccc2cc[nH]c2c1. The lowest BCUT2D eigenvalue weighted by atomic mass is 10.1. The van der Waals surface area contributed by atoms with Gasteiger partial charge in [0.05, 0.1) is 12.8 Å². The Hall–Kier alpha value is -2.82. The smallest absolute Gasteiger partial charge is 0.251 e. The number of rotatable bonds is 4. The van der Waals surface area contributed by atoms with Gasteiger partial charge in [-0.05, 0) is 35.7 Å². The third-order valence-corrected chi connectivity index (χ3v) is 3.02. The van der Waals surface area contributed by atoms with Crippen LogP contribution in [-0.4, -0.2) is 23.2 Å². The van der Waals surface area contributed by atoms with Crippen LogP contribution in [0.2, 0.25) is 0 Å². The van der Waals surface area contributed by atoms with Gasteiger partial charge < -0.3 is 14.7 Å². The molecule has 0 fully saturated rings. The van der Waals surface area contributed by atoms with Crippen LogP contribution in [0.3, 0.4) is 0 Å². The van der Waals surface area contributed by atoms with E-state index in [4.69, 9.17) is 4.42 Å². The van der Waals surface area contributed by atoms with Gasteiger partial charge in [0.25, 0.3) is 5.91 Å². The van der Waals surface area contributed by atoms with Crippen molar-refractivity contribution in [3.05, 3.63) is 60.2 Å². The second kappa shape index (κ2) is 5.05. The number of carbonyl (C=O) groups excluding carboxylic acids is 2. The normalized spacial score (nSPS) is 10.6. The molecule has 20 heavy (non-hydrogen) atoms. The van der Waals surface area contributed by atoms with Gasteiger partial charge in [-0.3, -0.25) is 9.59 Å². The van der Waals surface area contributed by atoms with Crippen molar-refractivity contribution in [3.8, 4) is 0 Å². The number of nitrogens with one attached hydrogen (secondary N) is 2. The van der Waals surface area contributed by atoms with Gasteiger partial charge in [0.15, 0.2) is 5.76 Å². The summed E-state index contributed by atoms with van der Waals surface area (Å²) in [6.07, 6.45) is 3.24. The number of benzene rings is 1. The maximum atomic E-state index is 12.0. The molecule has 0 radical (unpaired) electrons. The molecular formula is C15H12N2O3. The molecule has 0 aliphatic heterocycles. The summed E-state index contributed by atoms with van der Waals surface area (Å²) in [4.78, 5) is 26.7. The van der Waals surface area contributed by atoms with Gasteiger partial charge in [-0.1, -0.05) is 6.07 Å². The number of H-pyrrole nitrogens is 1. The number of amides is 1. The third kappa shape index (κ3) is 2.33. The van der Waals surface area contributed by atoms with E-state index in [1.807, 2.05) is 18.3 Å². The summed E-state index contributed by atoms with van der Waals surface area (Å²) in [6.45, 7) is -0.0882. The number of Topliss-reactive ketones (excluding diaryl/α,β-unsaturated/α-hetero) is 1. The summed E-state index contributed by atoms with van der Waals surface area (Å²) in [7, 11) is 0. The van der Waals surface area contributed by atoms with E-state index in [1.54, 1.807) is 24.3 Å². The van der Waals surface area contributed by atoms with Crippen molar-refractivity contribution in [3.63, 3.8) is 0 Å². The minimum absolute atomic E-state index is 0.0882. The van der Waals surface area contributed by atoms with Gasteiger partial charge in [0.1, 0.15) is 0 Å². The van der Waals surface area contributed by atoms with E-state index in [2.05, 4.69) is 10.3 Å². The van der Waals surface area contributed by atoms with Gasteiger partial charge in [-0.2, -0.15) is 0 Å². The predicted molar refractivity (Wildman–Crippen MR) is 73.7 cm³/mol. The lowest BCUT2D eigenvalue weighted by molar-refractivity contribution is 0.0892. The molecular weight excluding hydrogens is 256 g/mol. The van der Waals surface area contributed by atoms with Crippen LogP contribution in [0, 0.1) is 0 Å². The number of aromatic nitrogens is 1. The van der Waals surface area contributed by atoms with E-state index >= 15 is 0 Å². The third-order valence-electron chi connectivity index (χ3n) is 3.02. The molecule has 0 unspecified atom stereocenters. The van der Waals surface area contributed by atoms with Crippen LogP contribution < -0.4 is 5.32 Å². The molecule has 5 heteroatoms. The van der Waals surface area contributed by atoms with Gasteiger partial charge in [-0.25, -0.2) is 0 Å². The zero-order chi connectivity index (χ0) is 13.9. The van der Waals surface area contributed by atoms with Crippen molar-refractivity contribution in [2.75, 3.05) is 6.54 Å². The van der Waals surface area contributed by atoms with E-state index in [1.165, 1.54) is 6.26 Å². The van der Waals surface area contributed by atoms with Crippen molar-refractivity contribution >= 4 is 22.6 Å². The van der Waals surface area contributed by atoms with Crippen LogP contribution in [-0.2, 0) is 0 Å². The van der Waals surface area contributed by atoms with E-state index in [9.17, 15) is 9.59 Å². The van der Waals surface area contributed by atoms with Gasteiger partial charge in [-0.15, -0.1) is 0 Å². The van der Waals surface area contributed by atoms with Crippen LogP contribution >= 0.6 is 0 Å². The van der Waals surface area contributed by atoms with Crippen LogP contribution in [0.4, 0.5) is 0 Å². The Labute approximate surface area is 114 Å². The molecule has 1 amide bonds. The number of furan rings is 1. The van der Waals surface area contributed by atoms with E-state index in [-0.39, 0.29) is 24.0 Å². The highest BCUT2D eigenvalue weighted by molar-refractivity contribution is 6.02. The van der Waals surface area contributed by atoms with E-state index < -0.39 is 0 Å². The molecule has 0 spiro atoms. The molecule has 0 atom stereocenters. The number of ketones is 1. The maximum Gasteiger partial charge on any atom is 0.251 e.